The van der Waals surface area contributed by atoms with Crippen molar-refractivity contribution in [1.29, 1.82) is 0 Å². The zero-order chi connectivity index (χ0) is 20.2. The SMILES string of the molecule is OC(COC(c1ccc(F)cc1)c1ccc(F)cc1)Cn1cnc2ccccc21. The van der Waals surface area contributed by atoms with Crippen LogP contribution >= 0.6 is 0 Å². The molecule has 4 nitrogen and oxygen atoms in total. The van der Waals surface area contributed by atoms with E-state index in [1.54, 1.807) is 30.6 Å². The molecule has 29 heavy (non-hydrogen) atoms. The molecule has 6 heteroatoms. The maximum atomic E-state index is 13.3. The third kappa shape index (κ3) is 4.50. The average Bonchev–Trinajstić information content (AvgIpc) is 3.13. The molecule has 0 aliphatic carbocycles. The Morgan fingerprint density at radius 1 is 0.862 bits per heavy atom. The van der Waals surface area contributed by atoms with Crippen LogP contribution in [0, 0.1) is 11.6 Å². The van der Waals surface area contributed by atoms with Crippen molar-refractivity contribution in [3.05, 3.63) is 102 Å². The molecule has 1 heterocycles. The topological polar surface area (TPSA) is 47.3 Å². The van der Waals surface area contributed by atoms with Gasteiger partial charge in [-0.15, -0.1) is 0 Å². The molecule has 0 aliphatic heterocycles. The van der Waals surface area contributed by atoms with Gasteiger partial charge in [-0.05, 0) is 47.5 Å². The molecule has 1 N–H and O–H groups in total. The lowest BCUT2D eigenvalue weighted by atomic mass is 10.0. The first-order chi connectivity index (χ1) is 14.1. The first kappa shape index (κ1) is 19.2. The van der Waals surface area contributed by atoms with E-state index in [9.17, 15) is 13.9 Å². The Labute approximate surface area is 167 Å². The molecular weight excluding hydrogens is 374 g/mol. The molecule has 0 saturated carbocycles. The molecule has 1 atom stereocenters. The quantitative estimate of drug-likeness (QED) is 0.503. The molecule has 0 bridgehead atoms. The number of hydrogen-bond acceptors (Lipinski definition) is 3. The van der Waals surface area contributed by atoms with Crippen molar-refractivity contribution >= 4 is 11.0 Å². The number of aromatic nitrogens is 2. The van der Waals surface area contributed by atoms with Gasteiger partial charge in [0, 0.05) is 0 Å². The Hall–Kier alpha value is -3.09. The van der Waals surface area contributed by atoms with Crippen LogP contribution < -0.4 is 0 Å². The lowest BCUT2D eigenvalue weighted by Crippen LogP contribution is -2.23. The van der Waals surface area contributed by atoms with E-state index in [1.807, 2.05) is 28.8 Å². The second kappa shape index (κ2) is 8.51. The van der Waals surface area contributed by atoms with Gasteiger partial charge >= 0.3 is 0 Å². The van der Waals surface area contributed by atoms with Crippen molar-refractivity contribution < 1.29 is 18.6 Å². The molecule has 0 fully saturated rings. The minimum absolute atomic E-state index is 0.0475. The highest BCUT2D eigenvalue weighted by Crippen LogP contribution is 2.27. The summed E-state index contributed by atoms with van der Waals surface area (Å²) in [6.45, 7) is 0.367. The number of nitrogens with zero attached hydrogens (tertiary/aromatic N) is 2. The summed E-state index contributed by atoms with van der Waals surface area (Å²) < 4.78 is 34.5. The van der Waals surface area contributed by atoms with Gasteiger partial charge in [0.15, 0.2) is 0 Å². The highest BCUT2D eigenvalue weighted by atomic mass is 19.1. The number of fused-ring (bicyclic) bond motifs is 1. The normalized spacial score (nSPS) is 12.6. The van der Waals surface area contributed by atoms with E-state index in [2.05, 4.69) is 4.98 Å². The number of para-hydroxylation sites is 2. The number of aliphatic hydroxyl groups is 1. The van der Waals surface area contributed by atoms with Gasteiger partial charge in [0.1, 0.15) is 17.7 Å². The molecule has 148 valence electrons. The van der Waals surface area contributed by atoms with Gasteiger partial charge in [-0.3, -0.25) is 0 Å². The van der Waals surface area contributed by atoms with Crippen LogP contribution in [0.15, 0.2) is 79.1 Å². The van der Waals surface area contributed by atoms with Crippen LogP contribution in [0.25, 0.3) is 11.0 Å². The maximum absolute atomic E-state index is 13.3. The fourth-order valence-corrected chi connectivity index (χ4v) is 3.30. The predicted octanol–water partition coefficient (Wildman–Crippen LogP) is 4.48. The Kier molecular flexibility index (Phi) is 5.64. The number of halogens is 2. The first-order valence-electron chi connectivity index (χ1n) is 9.30. The summed E-state index contributed by atoms with van der Waals surface area (Å²) in [6, 6.07) is 19.6. The van der Waals surface area contributed by atoms with Gasteiger partial charge in [-0.1, -0.05) is 36.4 Å². The summed E-state index contributed by atoms with van der Waals surface area (Å²) in [6.07, 6.45) is 0.354. The highest BCUT2D eigenvalue weighted by Gasteiger charge is 2.18. The third-order valence-corrected chi connectivity index (χ3v) is 4.74. The summed E-state index contributed by atoms with van der Waals surface area (Å²) in [5.74, 6) is -0.697. The first-order valence-corrected chi connectivity index (χ1v) is 9.30. The lowest BCUT2D eigenvalue weighted by molar-refractivity contribution is -0.000199. The maximum Gasteiger partial charge on any atom is 0.123 e. The van der Waals surface area contributed by atoms with E-state index < -0.39 is 12.2 Å². The van der Waals surface area contributed by atoms with E-state index in [0.29, 0.717) is 6.54 Å². The van der Waals surface area contributed by atoms with Crippen molar-refractivity contribution in [3.63, 3.8) is 0 Å². The van der Waals surface area contributed by atoms with Crippen LogP contribution in [0.2, 0.25) is 0 Å². The Morgan fingerprint density at radius 3 is 2.07 bits per heavy atom. The molecule has 0 aliphatic rings. The molecule has 0 spiro atoms. The molecular formula is C23H20F2N2O2. The number of hydrogen-bond donors (Lipinski definition) is 1. The summed E-state index contributed by atoms with van der Waals surface area (Å²) in [4.78, 5) is 4.32. The van der Waals surface area contributed by atoms with Crippen molar-refractivity contribution in [3.8, 4) is 0 Å². The molecule has 1 unspecified atom stereocenters. The van der Waals surface area contributed by atoms with Crippen LogP contribution in [0.5, 0.6) is 0 Å². The van der Waals surface area contributed by atoms with Gasteiger partial charge in [-0.25, -0.2) is 13.8 Å². The fraction of sp³-hybridized carbons (Fsp3) is 0.174. The predicted molar refractivity (Wildman–Crippen MR) is 106 cm³/mol. The lowest BCUT2D eigenvalue weighted by Gasteiger charge is -2.21. The van der Waals surface area contributed by atoms with E-state index in [-0.39, 0.29) is 18.2 Å². The average molecular weight is 394 g/mol. The summed E-state index contributed by atoms with van der Waals surface area (Å²) in [5, 5.41) is 10.5. The summed E-state index contributed by atoms with van der Waals surface area (Å²) >= 11 is 0. The fourth-order valence-electron chi connectivity index (χ4n) is 3.30. The van der Waals surface area contributed by atoms with Crippen LogP contribution in [-0.4, -0.2) is 27.4 Å². The molecule has 4 aromatic rings. The Morgan fingerprint density at radius 2 is 1.45 bits per heavy atom. The minimum Gasteiger partial charge on any atom is -0.389 e. The van der Waals surface area contributed by atoms with Crippen molar-refractivity contribution in [2.45, 2.75) is 18.8 Å². The Bertz CT molecular complexity index is 1030. The van der Waals surface area contributed by atoms with E-state index in [4.69, 9.17) is 4.74 Å². The molecule has 3 aromatic carbocycles. The third-order valence-electron chi connectivity index (χ3n) is 4.74. The van der Waals surface area contributed by atoms with Gasteiger partial charge in [-0.2, -0.15) is 0 Å². The van der Waals surface area contributed by atoms with E-state index >= 15 is 0 Å². The second-order valence-electron chi connectivity index (χ2n) is 6.86. The zero-order valence-electron chi connectivity index (χ0n) is 15.6. The number of aliphatic hydroxyl groups excluding tert-OH is 1. The zero-order valence-corrected chi connectivity index (χ0v) is 15.6. The second-order valence-corrected chi connectivity index (χ2v) is 6.86. The number of imidazole rings is 1. The van der Waals surface area contributed by atoms with Gasteiger partial charge in [0.05, 0.1) is 36.6 Å². The van der Waals surface area contributed by atoms with Crippen LogP contribution in [-0.2, 0) is 11.3 Å². The van der Waals surface area contributed by atoms with E-state index in [1.165, 1.54) is 24.3 Å². The highest BCUT2D eigenvalue weighted by molar-refractivity contribution is 5.74. The Balaban J connectivity index is 1.49. The van der Waals surface area contributed by atoms with Crippen LogP contribution in [0.4, 0.5) is 8.78 Å². The molecule has 0 radical (unpaired) electrons. The number of benzene rings is 3. The van der Waals surface area contributed by atoms with Crippen molar-refractivity contribution in [2.75, 3.05) is 6.61 Å². The summed E-state index contributed by atoms with van der Waals surface area (Å²) in [7, 11) is 0. The van der Waals surface area contributed by atoms with Gasteiger partial charge < -0.3 is 14.4 Å². The van der Waals surface area contributed by atoms with Gasteiger partial charge in [0.2, 0.25) is 0 Å². The summed E-state index contributed by atoms with van der Waals surface area (Å²) in [5.41, 5.74) is 3.23. The molecule has 4 rings (SSSR count). The van der Waals surface area contributed by atoms with Crippen molar-refractivity contribution in [1.82, 2.24) is 9.55 Å². The van der Waals surface area contributed by atoms with Crippen LogP contribution in [0.1, 0.15) is 17.2 Å². The smallest absolute Gasteiger partial charge is 0.123 e. The number of rotatable bonds is 7. The molecule has 0 amide bonds. The minimum atomic E-state index is -0.781. The standard InChI is InChI=1S/C23H20F2N2O2/c24-18-9-5-16(6-10-18)23(17-7-11-19(25)12-8-17)29-14-20(28)13-27-15-26-21-3-1-2-4-22(21)27/h1-12,15,20,23,28H,13-14H2. The largest absolute Gasteiger partial charge is 0.389 e. The van der Waals surface area contributed by atoms with Crippen molar-refractivity contribution in [2.24, 2.45) is 0 Å². The number of ether oxygens (including phenoxy) is 1. The molecule has 1 aromatic heterocycles. The van der Waals surface area contributed by atoms with Crippen LogP contribution in [0.3, 0.4) is 0 Å². The molecule has 0 saturated heterocycles. The van der Waals surface area contributed by atoms with E-state index in [0.717, 1.165) is 22.2 Å². The monoisotopic (exact) mass is 394 g/mol. The van der Waals surface area contributed by atoms with Gasteiger partial charge in [0.25, 0.3) is 0 Å².